The lowest BCUT2D eigenvalue weighted by Crippen LogP contribution is -2.29. The third-order valence-electron chi connectivity index (χ3n) is 3.52. The average Bonchev–Trinajstić information content (AvgIpc) is 2.88. The maximum Gasteiger partial charge on any atom is 0.324 e. The molecule has 1 aliphatic rings. The summed E-state index contributed by atoms with van der Waals surface area (Å²) in [6.07, 6.45) is 0. The molecule has 2 aromatic rings. The first-order valence-electron chi connectivity index (χ1n) is 6.70. The number of rotatable bonds is 3. The first-order chi connectivity index (χ1) is 10.2. The van der Waals surface area contributed by atoms with Crippen LogP contribution >= 0.6 is 0 Å². The molecule has 0 bridgehead atoms. The first kappa shape index (κ1) is 13.7. The topological polar surface area (TPSA) is 73.6 Å². The highest BCUT2D eigenvalue weighted by Crippen LogP contribution is 2.24. The predicted molar refractivity (Wildman–Crippen MR) is 80.7 cm³/mol. The second kappa shape index (κ2) is 5.59. The van der Waals surface area contributed by atoms with Gasteiger partial charge in [-0.25, -0.2) is 5.84 Å². The van der Waals surface area contributed by atoms with Crippen LogP contribution in [0.4, 0.5) is 0 Å². The average molecular weight is 282 g/mol. The Morgan fingerprint density at radius 1 is 1.24 bits per heavy atom. The zero-order chi connectivity index (χ0) is 14.8. The summed E-state index contributed by atoms with van der Waals surface area (Å²) in [7, 11) is 0. The highest BCUT2D eigenvalue weighted by atomic mass is 16.5. The molecule has 0 radical (unpaired) electrons. The first-order valence-corrected chi connectivity index (χ1v) is 6.70. The van der Waals surface area contributed by atoms with Crippen molar-refractivity contribution in [3.8, 4) is 11.5 Å². The fourth-order valence-corrected chi connectivity index (χ4v) is 2.37. The summed E-state index contributed by atoms with van der Waals surface area (Å²) in [5, 5.41) is 0. The molecule has 5 nitrogen and oxygen atoms in total. The molecule has 2 aromatic carbocycles. The Morgan fingerprint density at radius 3 is 2.67 bits per heavy atom. The standard InChI is InChI=1S/C15H15BN2O3/c1-16-14-7-6-13(8-11(14)9-20-16)21-12-4-2-10(3-5-12)15(19)18-17/h2-8H,9,17H2,1H3,(H,18,19). The van der Waals surface area contributed by atoms with Gasteiger partial charge in [-0.1, -0.05) is 12.9 Å². The van der Waals surface area contributed by atoms with E-state index in [4.69, 9.17) is 15.2 Å². The summed E-state index contributed by atoms with van der Waals surface area (Å²) >= 11 is 0. The molecular weight excluding hydrogens is 267 g/mol. The van der Waals surface area contributed by atoms with E-state index in [-0.39, 0.29) is 12.8 Å². The SMILES string of the molecule is CB1OCc2cc(Oc3ccc(C(=O)NN)cc3)ccc21. The molecule has 106 valence electrons. The van der Waals surface area contributed by atoms with Gasteiger partial charge in [-0.15, -0.1) is 0 Å². The van der Waals surface area contributed by atoms with Crippen molar-refractivity contribution in [3.63, 3.8) is 0 Å². The lowest BCUT2D eigenvalue weighted by molar-refractivity contribution is 0.0953. The van der Waals surface area contributed by atoms with Gasteiger partial charge in [-0.05, 0) is 47.4 Å². The largest absolute Gasteiger partial charge is 0.457 e. The van der Waals surface area contributed by atoms with Crippen molar-refractivity contribution in [2.75, 3.05) is 0 Å². The highest BCUT2D eigenvalue weighted by molar-refractivity contribution is 6.67. The molecule has 1 aliphatic heterocycles. The molecule has 6 heteroatoms. The summed E-state index contributed by atoms with van der Waals surface area (Å²) in [5.74, 6) is 6.17. The van der Waals surface area contributed by atoms with Gasteiger partial charge in [0.25, 0.3) is 5.91 Å². The van der Waals surface area contributed by atoms with Crippen molar-refractivity contribution in [2.24, 2.45) is 5.84 Å². The third-order valence-corrected chi connectivity index (χ3v) is 3.52. The molecule has 0 unspecified atom stereocenters. The van der Waals surface area contributed by atoms with Crippen LogP contribution < -0.4 is 21.5 Å². The number of hydrogen-bond acceptors (Lipinski definition) is 4. The van der Waals surface area contributed by atoms with Crippen molar-refractivity contribution < 1.29 is 14.2 Å². The molecule has 0 fully saturated rings. The summed E-state index contributed by atoms with van der Waals surface area (Å²) in [4.78, 5) is 11.4. The van der Waals surface area contributed by atoms with Crippen LogP contribution in [0.3, 0.4) is 0 Å². The monoisotopic (exact) mass is 282 g/mol. The van der Waals surface area contributed by atoms with Gasteiger partial charge in [0.1, 0.15) is 11.5 Å². The zero-order valence-electron chi connectivity index (χ0n) is 11.6. The van der Waals surface area contributed by atoms with Crippen molar-refractivity contribution in [1.82, 2.24) is 5.43 Å². The number of benzene rings is 2. The predicted octanol–water partition coefficient (Wildman–Crippen LogP) is 1.44. The molecule has 0 aromatic heterocycles. The van der Waals surface area contributed by atoms with Crippen LogP contribution in [0.2, 0.25) is 6.82 Å². The molecule has 0 atom stereocenters. The number of nitrogens with one attached hydrogen (secondary N) is 1. The van der Waals surface area contributed by atoms with Gasteiger partial charge >= 0.3 is 6.92 Å². The van der Waals surface area contributed by atoms with Crippen molar-refractivity contribution in [1.29, 1.82) is 0 Å². The fourth-order valence-electron chi connectivity index (χ4n) is 2.37. The van der Waals surface area contributed by atoms with E-state index in [1.165, 1.54) is 5.46 Å². The Hall–Kier alpha value is -2.31. The van der Waals surface area contributed by atoms with E-state index >= 15 is 0 Å². The van der Waals surface area contributed by atoms with E-state index in [1.807, 2.05) is 25.0 Å². The number of hydrogen-bond donors (Lipinski definition) is 2. The van der Waals surface area contributed by atoms with Gasteiger partial charge in [0.2, 0.25) is 0 Å². The van der Waals surface area contributed by atoms with Gasteiger partial charge in [-0.2, -0.15) is 0 Å². The Morgan fingerprint density at radius 2 is 1.95 bits per heavy atom. The van der Waals surface area contributed by atoms with E-state index in [1.54, 1.807) is 24.3 Å². The second-order valence-electron chi connectivity index (χ2n) is 4.91. The number of nitrogens with two attached hydrogens (primary N) is 1. The number of ether oxygens (including phenoxy) is 1. The molecule has 0 saturated carbocycles. The zero-order valence-corrected chi connectivity index (χ0v) is 11.6. The van der Waals surface area contributed by atoms with Gasteiger partial charge in [0.15, 0.2) is 0 Å². The molecule has 0 spiro atoms. The van der Waals surface area contributed by atoms with Crippen LogP contribution in [-0.4, -0.2) is 12.8 Å². The van der Waals surface area contributed by atoms with E-state index < -0.39 is 0 Å². The molecule has 3 rings (SSSR count). The molecular formula is C15H15BN2O3. The van der Waals surface area contributed by atoms with Gasteiger partial charge in [0.05, 0.1) is 6.61 Å². The summed E-state index contributed by atoms with van der Waals surface area (Å²) in [6, 6.07) is 12.7. The Bertz CT molecular complexity index is 673. The Balaban J connectivity index is 1.76. The van der Waals surface area contributed by atoms with Crippen molar-refractivity contribution >= 4 is 18.3 Å². The van der Waals surface area contributed by atoms with E-state index in [2.05, 4.69) is 5.43 Å². The minimum atomic E-state index is -0.329. The maximum absolute atomic E-state index is 11.4. The third kappa shape index (κ3) is 2.77. The van der Waals surface area contributed by atoms with Crippen molar-refractivity contribution in [2.45, 2.75) is 13.4 Å². The number of fused-ring (bicyclic) bond motifs is 1. The van der Waals surface area contributed by atoms with E-state index in [0.29, 0.717) is 17.9 Å². The smallest absolute Gasteiger partial charge is 0.324 e. The fraction of sp³-hybridized carbons (Fsp3) is 0.133. The molecule has 0 saturated heterocycles. The van der Waals surface area contributed by atoms with Crippen LogP contribution in [0.15, 0.2) is 42.5 Å². The van der Waals surface area contributed by atoms with Gasteiger partial charge < -0.3 is 9.39 Å². The minimum absolute atomic E-state index is 0.142. The summed E-state index contributed by atoms with van der Waals surface area (Å²) in [5.41, 5.74) is 4.93. The number of carbonyl (C=O) groups is 1. The summed E-state index contributed by atoms with van der Waals surface area (Å²) < 4.78 is 11.4. The molecule has 3 N–H and O–H groups in total. The Labute approximate surface area is 123 Å². The highest BCUT2D eigenvalue weighted by Gasteiger charge is 2.23. The molecule has 21 heavy (non-hydrogen) atoms. The maximum atomic E-state index is 11.4. The van der Waals surface area contributed by atoms with E-state index in [9.17, 15) is 4.79 Å². The van der Waals surface area contributed by atoms with Crippen LogP contribution in [0.25, 0.3) is 0 Å². The lowest BCUT2D eigenvalue weighted by atomic mass is 9.64. The molecule has 1 heterocycles. The Kier molecular flexibility index (Phi) is 3.64. The number of hydrazine groups is 1. The van der Waals surface area contributed by atoms with Crippen LogP contribution in [0, 0.1) is 0 Å². The number of nitrogen functional groups attached to an aromatic ring is 1. The van der Waals surface area contributed by atoms with Gasteiger partial charge in [0, 0.05) is 5.56 Å². The van der Waals surface area contributed by atoms with Gasteiger partial charge in [-0.3, -0.25) is 10.2 Å². The van der Waals surface area contributed by atoms with E-state index in [0.717, 1.165) is 11.3 Å². The molecule has 1 amide bonds. The molecule has 0 aliphatic carbocycles. The number of amides is 1. The second-order valence-corrected chi connectivity index (χ2v) is 4.91. The lowest BCUT2D eigenvalue weighted by Gasteiger charge is -2.08. The quantitative estimate of drug-likeness (QED) is 0.386. The summed E-state index contributed by atoms with van der Waals surface area (Å²) in [6.45, 7) is 2.79. The van der Waals surface area contributed by atoms with Crippen molar-refractivity contribution in [3.05, 3.63) is 53.6 Å². The number of carbonyl (C=O) groups excluding carboxylic acids is 1. The minimum Gasteiger partial charge on any atom is -0.457 e. The van der Waals surface area contributed by atoms with Crippen LogP contribution in [0.5, 0.6) is 11.5 Å². The normalized spacial score (nSPS) is 13.0. The van der Waals surface area contributed by atoms with Crippen LogP contribution in [-0.2, 0) is 11.3 Å². The van der Waals surface area contributed by atoms with Crippen LogP contribution in [0.1, 0.15) is 15.9 Å².